The summed E-state index contributed by atoms with van der Waals surface area (Å²) >= 11 is 1.40. The zero-order chi connectivity index (χ0) is 19.5. The maximum atomic E-state index is 12.9. The molecule has 0 aliphatic heterocycles. The molecule has 1 aromatic carbocycles. The summed E-state index contributed by atoms with van der Waals surface area (Å²) in [5, 5.41) is 9.09. The van der Waals surface area contributed by atoms with Crippen LogP contribution < -0.4 is 0 Å². The highest BCUT2D eigenvalue weighted by atomic mass is 32.2. The number of hydrogen-bond donors (Lipinski definition) is 0. The Morgan fingerprint density at radius 3 is 2.39 bits per heavy atom. The van der Waals surface area contributed by atoms with Crippen LogP contribution in [0.25, 0.3) is 0 Å². The lowest BCUT2D eigenvalue weighted by molar-refractivity contribution is -0.0191. The molecule has 5 heteroatoms. The van der Waals surface area contributed by atoms with Gasteiger partial charge in [0.1, 0.15) is 0 Å². The van der Waals surface area contributed by atoms with Crippen molar-refractivity contribution in [1.29, 1.82) is 0 Å². The predicted molar refractivity (Wildman–Crippen MR) is 110 cm³/mol. The quantitative estimate of drug-likeness (QED) is 0.492. The lowest BCUT2D eigenvalue weighted by Gasteiger charge is -2.55. The number of carbonyl (C=O) groups is 1. The molecule has 28 heavy (non-hydrogen) atoms. The summed E-state index contributed by atoms with van der Waals surface area (Å²) in [6.45, 7) is 5.94. The fourth-order valence-corrected chi connectivity index (χ4v) is 7.02. The second-order valence-electron chi connectivity index (χ2n) is 9.51. The molecule has 4 fully saturated rings. The van der Waals surface area contributed by atoms with Crippen LogP contribution >= 0.6 is 11.8 Å². The Kier molecular flexibility index (Phi) is 4.42. The second-order valence-corrected chi connectivity index (χ2v) is 10.8. The summed E-state index contributed by atoms with van der Waals surface area (Å²) in [5.41, 5.74) is 3.03. The van der Waals surface area contributed by atoms with Crippen molar-refractivity contribution in [3.05, 3.63) is 40.8 Å². The van der Waals surface area contributed by atoms with E-state index in [0.717, 1.165) is 40.3 Å². The largest absolute Gasteiger partial charge is 0.415 e. The van der Waals surface area contributed by atoms with E-state index in [4.69, 9.17) is 4.42 Å². The molecule has 4 nitrogen and oxygen atoms in total. The molecule has 0 N–H and O–H groups in total. The molecule has 0 radical (unpaired) electrons. The summed E-state index contributed by atoms with van der Waals surface area (Å²) < 4.78 is 6.17. The average molecular weight is 397 g/mol. The highest BCUT2D eigenvalue weighted by Gasteiger charge is 2.54. The van der Waals surface area contributed by atoms with E-state index in [2.05, 4.69) is 10.2 Å². The first-order valence-corrected chi connectivity index (χ1v) is 11.4. The van der Waals surface area contributed by atoms with Crippen molar-refractivity contribution in [3.8, 4) is 0 Å². The van der Waals surface area contributed by atoms with Crippen LogP contribution in [0.5, 0.6) is 0 Å². The Morgan fingerprint density at radius 1 is 1.11 bits per heavy atom. The second kappa shape index (κ2) is 6.72. The van der Waals surface area contributed by atoms with E-state index in [1.54, 1.807) is 0 Å². The van der Waals surface area contributed by atoms with E-state index in [1.807, 2.05) is 39.0 Å². The summed E-state index contributed by atoms with van der Waals surface area (Å²) in [5.74, 6) is 3.50. The van der Waals surface area contributed by atoms with Crippen LogP contribution in [0, 0.1) is 31.6 Å². The molecule has 0 unspecified atom stereocenters. The monoisotopic (exact) mass is 396 g/mol. The van der Waals surface area contributed by atoms with Gasteiger partial charge in [-0.15, -0.1) is 10.2 Å². The SMILES string of the molecule is Cc1ccc(C)c(C(=O)[C@@H](C)Sc2nnc(C34CC5CC(CC(C5)C3)C4)o2)c1. The van der Waals surface area contributed by atoms with Crippen molar-refractivity contribution in [1.82, 2.24) is 10.2 Å². The smallest absolute Gasteiger partial charge is 0.277 e. The zero-order valence-corrected chi connectivity index (χ0v) is 17.7. The lowest BCUT2D eigenvalue weighted by Crippen LogP contribution is -2.48. The summed E-state index contributed by atoms with van der Waals surface area (Å²) in [7, 11) is 0. The van der Waals surface area contributed by atoms with E-state index in [-0.39, 0.29) is 16.4 Å². The molecule has 4 aliphatic carbocycles. The lowest BCUT2D eigenvalue weighted by atomic mass is 9.49. The Morgan fingerprint density at radius 2 is 1.75 bits per heavy atom. The van der Waals surface area contributed by atoms with Gasteiger partial charge in [0, 0.05) is 11.0 Å². The normalized spacial score (nSPS) is 31.9. The molecule has 0 saturated heterocycles. The molecule has 6 rings (SSSR count). The molecule has 4 saturated carbocycles. The molecule has 0 spiro atoms. The summed E-state index contributed by atoms with van der Waals surface area (Å²) in [4.78, 5) is 12.9. The number of hydrogen-bond acceptors (Lipinski definition) is 5. The van der Waals surface area contributed by atoms with Crippen molar-refractivity contribution in [3.63, 3.8) is 0 Å². The topological polar surface area (TPSA) is 56.0 Å². The van der Waals surface area contributed by atoms with Crippen LogP contribution in [0.4, 0.5) is 0 Å². The molecular formula is C23H28N2O2S. The van der Waals surface area contributed by atoms with Crippen molar-refractivity contribution < 1.29 is 9.21 Å². The number of ketones is 1. The Balaban J connectivity index is 1.33. The first kappa shape index (κ1) is 18.4. The number of aryl methyl sites for hydroxylation is 2. The van der Waals surface area contributed by atoms with Gasteiger partial charge in [-0.1, -0.05) is 29.5 Å². The minimum absolute atomic E-state index is 0.112. The van der Waals surface area contributed by atoms with Gasteiger partial charge in [0.2, 0.25) is 5.89 Å². The molecule has 148 valence electrons. The Labute approximate surface area is 170 Å². The summed E-state index contributed by atoms with van der Waals surface area (Å²) in [6, 6.07) is 6.03. The van der Waals surface area contributed by atoms with Gasteiger partial charge in [0.05, 0.1) is 5.25 Å². The van der Waals surface area contributed by atoms with Crippen LogP contribution in [0.15, 0.2) is 27.8 Å². The Hall–Kier alpha value is -1.62. The molecule has 0 amide bonds. The fourth-order valence-electron chi connectivity index (χ4n) is 6.27. The minimum atomic E-state index is -0.245. The Bertz CT molecular complexity index is 884. The van der Waals surface area contributed by atoms with Crippen LogP contribution in [0.1, 0.15) is 72.8 Å². The number of Topliss-reactive ketones (excluding diaryl/α,β-unsaturated/α-hetero) is 1. The third kappa shape index (κ3) is 3.12. The molecule has 1 atom stereocenters. The molecule has 2 aromatic rings. The van der Waals surface area contributed by atoms with E-state index >= 15 is 0 Å². The third-order valence-electron chi connectivity index (χ3n) is 7.20. The van der Waals surface area contributed by atoms with Crippen molar-refractivity contribution in [2.24, 2.45) is 17.8 Å². The van der Waals surface area contributed by atoms with Gasteiger partial charge in [0.15, 0.2) is 5.78 Å². The van der Waals surface area contributed by atoms with E-state index in [0.29, 0.717) is 5.22 Å². The number of aromatic nitrogens is 2. The first-order chi connectivity index (χ1) is 13.4. The van der Waals surface area contributed by atoms with Crippen LogP contribution in [0.3, 0.4) is 0 Å². The van der Waals surface area contributed by atoms with Crippen LogP contribution in [0.2, 0.25) is 0 Å². The summed E-state index contributed by atoms with van der Waals surface area (Å²) in [6.07, 6.45) is 7.83. The van der Waals surface area contributed by atoms with Gasteiger partial charge >= 0.3 is 0 Å². The number of nitrogens with zero attached hydrogens (tertiary/aromatic N) is 2. The molecule has 1 heterocycles. The highest BCUT2D eigenvalue weighted by molar-refractivity contribution is 8.00. The third-order valence-corrected chi connectivity index (χ3v) is 8.14. The molecule has 1 aromatic heterocycles. The number of thioether (sulfide) groups is 1. The van der Waals surface area contributed by atoms with Crippen LogP contribution in [-0.4, -0.2) is 21.2 Å². The average Bonchev–Trinajstić information content (AvgIpc) is 3.11. The van der Waals surface area contributed by atoms with Gasteiger partial charge in [-0.05, 0) is 88.7 Å². The number of benzene rings is 1. The maximum Gasteiger partial charge on any atom is 0.277 e. The molecule has 4 bridgehead atoms. The van der Waals surface area contributed by atoms with Crippen molar-refractivity contribution in [2.45, 2.75) is 75.2 Å². The predicted octanol–water partition coefficient (Wildman–Crippen LogP) is 5.52. The van der Waals surface area contributed by atoms with E-state index in [1.165, 1.54) is 50.3 Å². The van der Waals surface area contributed by atoms with Gasteiger partial charge in [-0.25, -0.2) is 0 Å². The standard InChI is InChI=1S/C23H28N2O2S/c1-13-4-5-14(2)19(6-13)20(26)15(3)28-22-25-24-21(27-22)23-10-16-7-17(11-23)9-18(8-16)12-23/h4-6,15-18H,7-12H2,1-3H3/t15-,16?,17?,18?,23?/m1/s1. The van der Waals surface area contributed by atoms with Gasteiger partial charge in [-0.2, -0.15) is 0 Å². The van der Waals surface area contributed by atoms with E-state index in [9.17, 15) is 4.79 Å². The number of carbonyl (C=O) groups excluding carboxylic acids is 1. The first-order valence-electron chi connectivity index (χ1n) is 10.5. The van der Waals surface area contributed by atoms with E-state index < -0.39 is 0 Å². The minimum Gasteiger partial charge on any atom is -0.415 e. The molecule has 4 aliphatic rings. The molecular weight excluding hydrogens is 368 g/mol. The van der Waals surface area contributed by atoms with Gasteiger partial charge < -0.3 is 4.42 Å². The number of rotatable bonds is 5. The van der Waals surface area contributed by atoms with Crippen LogP contribution in [-0.2, 0) is 5.41 Å². The van der Waals surface area contributed by atoms with Gasteiger partial charge in [0.25, 0.3) is 5.22 Å². The maximum absolute atomic E-state index is 12.9. The fraction of sp³-hybridized carbons (Fsp3) is 0.609. The zero-order valence-electron chi connectivity index (χ0n) is 16.9. The van der Waals surface area contributed by atoms with Crippen molar-refractivity contribution >= 4 is 17.5 Å². The highest BCUT2D eigenvalue weighted by Crippen LogP contribution is 2.60. The van der Waals surface area contributed by atoms with Crippen molar-refractivity contribution in [2.75, 3.05) is 0 Å². The van der Waals surface area contributed by atoms with Gasteiger partial charge in [-0.3, -0.25) is 4.79 Å².